The Hall–Kier alpha value is -2.44. The smallest absolute Gasteiger partial charge is 0.228 e. The molecule has 128 valence electrons. The van der Waals surface area contributed by atoms with Crippen LogP contribution in [-0.4, -0.2) is 20.4 Å². The molecule has 1 aliphatic carbocycles. The lowest BCUT2D eigenvalue weighted by Gasteiger charge is -2.10. The number of nitrogens with zero attached hydrogens (tertiary/aromatic N) is 2. The number of fused-ring (bicyclic) bond motifs is 1. The lowest BCUT2D eigenvalue weighted by molar-refractivity contribution is -0.117. The Balaban J connectivity index is 1.73. The van der Waals surface area contributed by atoms with Gasteiger partial charge in [-0.25, -0.2) is 9.37 Å². The van der Waals surface area contributed by atoms with Gasteiger partial charge in [0, 0.05) is 28.3 Å². The minimum atomic E-state index is -0.502. The Labute approximate surface area is 148 Å². The van der Waals surface area contributed by atoms with Gasteiger partial charge in [-0.05, 0) is 42.7 Å². The number of aliphatic hydroxyl groups is 1. The van der Waals surface area contributed by atoms with Crippen LogP contribution >= 0.6 is 11.6 Å². The predicted molar refractivity (Wildman–Crippen MR) is 92.9 cm³/mol. The second kappa shape index (κ2) is 6.13. The van der Waals surface area contributed by atoms with Gasteiger partial charge in [0.15, 0.2) is 5.82 Å². The molecule has 3 aromatic rings. The molecule has 1 amide bonds. The summed E-state index contributed by atoms with van der Waals surface area (Å²) in [7, 11) is 0. The zero-order valence-electron chi connectivity index (χ0n) is 13.2. The fourth-order valence-corrected chi connectivity index (χ4v) is 3.08. The molecule has 0 aliphatic heterocycles. The fourth-order valence-electron chi connectivity index (χ4n) is 2.85. The Kier molecular flexibility index (Phi) is 3.94. The molecular formula is C18H15ClFN3O2. The molecule has 1 aliphatic rings. The summed E-state index contributed by atoms with van der Waals surface area (Å²) in [5.41, 5.74) is 1.93. The van der Waals surface area contributed by atoms with Gasteiger partial charge in [-0.1, -0.05) is 11.6 Å². The first-order valence-corrected chi connectivity index (χ1v) is 8.31. The SMILES string of the molecule is O=C(Nc1cn2cc(-c3c(F)cc(Cl)cc3CO)ccc2n1)C1CC1. The Morgan fingerprint density at radius 3 is 2.88 bits per heavy atom. The van der Waals surface area contributed by atoms with Crippen LogP contribution in [-0.2, 0) is 11.4 Å². The number of pyridine rings is 1. The number of hydrogen-bond acceptors (Lipinski definition) is 3. The molecule has 0 saturated heterocycles. The molecule has 4 rings (SSSR count). The van der Waals surface area contributed by atoms with Gasteiger partial charge >= 0.3 is 0 Å². The van der Waals surface area contributed by atoms with E-state index in [-0.39, 0.29) is 23.5 Å². The average molecular weight is 360 g/mol. The first kappa shape index (κ1) is 16.1. The van der Waals surface area contributed by atoms with Crippen molar-refractivity contribution >= 4 is 29.0 Å². The van der Waals surface area contributed by atoms with Crippen LogP contribution in [0.25, 0.3) is 16.8 Å². The second-order valence-electron chi connectivity index (χ2n) is 6.15. The maximum atomic E-state index is 14.4. The van der Waals surface area contributed by atoms with Crippen LogP contribution < -0.4 is 5.32 Å². The van der Waals surface area contributed by atoms with Crippen molar-refractivity contribution in [3.05, 3.63) is 53.1 Å². The van der Waals surface area contributed by atoms with Gasteiger partial charge in [0.05, 0.1) is 12.8 Å². The minimum absolute atomic E-state index is 0.0186. The molecule has 7 heteroatoms. The van der Waals surface area contributed by atoms with Crippen molar-refractivity contribution < 1.29 is 14.3 Å². The number of anilines is 1. The summed E-state index contributed by atoms with van der Waals surface area (Å²) in [5, 5.41) is 12.5. The lowest BCUT2D eigenvalue weighted by Crippen LogP contribution is -2.13. The van der Waals surface area contributed by atoms with E-state index in [1.807, 2.05) is 0 Å². The molecule has 1 fully saturated rings. The van der Waals surface area contributed by atoms with Gasteiger partial charge in [-0.2, -0.15) is 0 Å². The van der Waals surface area contributed by atoms with Crippen LogP contribution in [0.15, 0.2) is 36.7 Å². The summed E-state index contributed by atoms with van der Waals surface area (Å²) in [4.78, 5) is 16.2. The molecule has 2 N–H and O–H groups in total. The van der Waals surface area contributed by atoms with Gasteiger partial charge in [-0.3, -0.25) is 4.79 Å². The minimum Gasteiger partial charge on any atom is -0.392 e. The van der Waals surface area contributed by atoms with Crippen molar-refractivity contribution in [1.29, 1.82) is 0 Å². The monoisotopic (exact) mass is 359 g/mol. The highest BCUT2D eigenvalue weighted by Crippen LogP contribution is 2.32. The number of hydrogen-bond donors (Lipinski definition) is 2. The summed E-state index contributed by atoms with van der Waals surface area (Å²) < 4.78 is 16.1. The highest BCUT2D eigenvalue weighted by atomic mass is 35.5. The van der Waals surface area contributed by atoms with E-state index < -0.39 is 5.82 Å². The molecule has 0 spiro atoms. The van der Waals surface area contributed by atoms with Crippen molar-refractivity contribution in [2.75, 3.05) is 5.32 Å². The quantitative estimate of drug-likeness (QED) is 0.747. The summed E-state index contributed by atoms with van der Waals surface area (Å²) in [6, 6.07) is 6.21. The van der Waals surface area contributed by atoms with E-state index in [0.29, 0.717) is 28.2 Å². The maximum absolute atomic E-state index is 14.4. The number of carbonyl (C=O) groups is 1. The first-order chi connectivity index (χ1) is 12.0. The number of benzene rings is 1. The van der Waals surface area contributed by atoms with Crippen molar-refractivity contribution in [3.63, 3.8) is 0 Å². The van der Waals surface area contributed by atoms with Gasteiger partial charge in [0.2, 0.25) is 5.91 Å². The Morgan fingerprint density at radius 2 is 2.16 bits per heavy atom. The van der Waals surface area contributed by atoms with E-state index in [1.54, 1.807) is 35.0 Å². The highest BCUT2D eigenvalue weighted by Gasteiger charge is 2.30. The molecule has 1 saturated carbocycles. The first-order valence-electron chi connectivity index (χ1n) is 7.94. The molecular weight excluding hydrogens is 345 g/mol. The molecule has 0 unspecified atom stereocenters. The van der Waals surface area contributed by atoms with E-state index in [9.17, 15) is 14.3 Å². The number of halogens is 2. The molecule has 25 heavy (non-hydrogen) atoms. The number of nitrogens with one attached hydrogen (secondary N) is 1. The third kappa shape index (κ3) is 3.10. The van der Waals surface area contributed by atoms with E-state index >= 15 is 0 Å². The van der Waals surface area contributed by atoms with Crippen molar-refractivity contribution in [1.82, 2.24) is 9.38 Å². The van der Waals surface area contributed by atoms with Crippen LogP contribution in [0.2, 0.25) is 5.02 Å². The second-order valence-corrected chi connectivity index (χ2v) is 6.59. The normalized spacial score (nSPS) is 14.0. The lowest BCUT2D eigenvalue weighted by atomic mass is 10.0. The van der Waals surface area contributed by atoms with Crippen LogP contribution in [0, 0.1) is 11.7 Å². The van der Waals surface area contributed by atoms with Crippen LogP contribution in [0.1, 0.15) is 18.4 Å². The summed E-state index contributed by atoms with van der Waals surface area (Å²) in [5.74, 6) is 0.0388. The fraction of sp³-hybridized carbons (Fsp3) is 0.222. The number of amides is 1. The number of carbonyl (C=O) groups excluding carboxylic acids is 1. The molecule has 1 aromatic carbocycles. The summed E-state index contributed by atoms with van der Waals surface area (Å²) in [6.45, 7) is -0.322. The molecule has 2 aromatic heterocycles. The average Bonchev–Trinajstić information content (AvgIpc) is 3.34. The summed E-state index contributed by atoms with van der Waals surface area (Å²) >= 11 is 5.86. The van der Waals surface area contributed by atoms with Crippen LogP contribution in [0.4, 0.5) is 10.2 Å². The van der Waals surface area contributed by atoms with E-state index in [4.69, 9.17) is 11.6 Å². The topological polar surface area (TPSA) is 66.6 Å². The van der Waals surface area contributed by atoms with Crippen molar-refractivity contribution in [2.24, 2.45) is 5.92 Å². The van der Waals surface area contributed by atoms with Crippen LogP contribution in [0.5, 0.6) is 0 Å². The standard InChI is InChI=1S/C18H15ClFN3O2/c19-13-5-12(9-24)17(14(20)6-13)11-3-4-16-21-15(8-23(16)7-11)22-18(25)10-1-2-10/h3-8,10,24H,1-2,9H2,(H,22,25). The maximum Gasteiger partial charge on any atom is 0.228 e. The van der Waals surface area contributed by atoms with E-state index in [0.717, 1.165) is 12.8 Å². The van der Waals surface area contributed by atoms with Gasteiger partial charge in [0.25, 0.3) is 0 Å². The third-order valence-corrected chi connectivity index (χ3v) is 4.46. The van der Waals surface area contributed by atoms with E-state index in [2.05, 4.69) is 10.3 Å². The van der Waals surface area contributed by atoms with Gasteiger partial charge in [0.1, 0.15) is 11.5 Å². The van der Waals surface area contributed by atoms with E-state index in [1.165, 1.54) is 6.07 Å². The molecule has 5 nitrogen and oxygen atoms in total. The van der Waals surface area contributed by atoms with Crippen molar-refractivity contribution in [2.45, 2.75) is 19.4 Å². The summed E-state index contributed by atoms with van der Waals surface area (Å²) in [6.07, 6.45) is 5.23. The largest absolute Gasteiger partial charge is 0.392 e. The Morgan fingerprint density at radius 1 is 1.36 bits per heavy atom. The van der Waals surface area contributed by atoms with Gasteiger partial charge < -0.3 is 14.8 Å². The number of imidazole rings is 1. The van der Waals surface area contributed by atoms with Crippen LogP contribution in [0.3, 0.4) is 0 Å². The van der Waals surface area contributed by atoms with Gasteiger partial charge in [-0.15, -0.1) is 0 Å². The molecule has 0 radical (unpaired) electrons. The molecule has 0 bridgehead atoms. The predicted octanol–water partition coefficient (Wildman–Crippen LogP) is 3.63. The number of aromatic nitrogens is 2. The molecule has 2 heterocycles. The molecule has 0 atom stereocenters. The zero-order valence-corrected chi connectivity index (χ0v) is 13.9. The zero-order chi connectivity index (χ0) is 17.6. The highest BCUT2D eigenvalue weighted by molar-refractivity contribution is 6.30. The number of rotatable bonds is 4. The third-order valence-electron chi connectivity index (χ3n) is 4.25. The van der Waals surface area contributed by atoms with Crippen molar-refractivity contribution in [3.8, 4) is 11.1 Å². The number of aliphatic hydroxyl groups excluding tert-OH is 1. The Bertz CT molecular complexity index is 982.